The van der Waals surface area contributed by atoms with E-state index in [4.69, 9.17) is 10.5 Å². The number of amides is 1. The molecule has 130 valence electrons. The highest BCUT2D eigenvalue weighted by Gasteiger charge is 2.07. The van der Waals surface area contributed by atoms with Crippen molar-refractivity contribution in [1.29, 1.82) is 0 Å². The van der Waals surface area contributed by atoms with Crippen molar-refractivity contribution in [3.63, 3.8) is 0 Å². The van der Waals surface area contributed by atoms with E-state index in [2.05, 4.69) is 10.1 Å². The topological polar surface area (TPSA) is 90.6 Å². The molecule has 2 aromatic rings. The Hall–Kier alpha value is -3.28. The minimum atomic E-state index is -0.509. The smallest absolute Gasteiger partial charge is 0.407 e. The maximum atomic E-state index is 11.6. The number of hydrogen-bond acceptors (Lipinski definition) is 5. The van der Waals surface area contributed by atoms with Crippen molar-refractivity contribution in [2.24, 2.45) is 0 Å². The van der Waals surface area contributed by atoms with Gasteiger partial charge >= 0.3 is 12.1 Å². The van der Waals surface area contributed by atoms with Crippen LogP contribution in [0.4, 0.5) is 10.5 Å². The first-order valence-electron chi connectivity index (χ1n) is 7.69. The van der Waals surface area contributed by atoms with Gasteiger partial charge in [0.2, 0.25) is 0 Å². The molecule has 0 aliphatic carbocycles. The Bertz CT molecular complexity index is 757. The molecule has 3 N–H and O–H groups in total. The molecule has 0 fully saturated rings. The van der Waals surface area contributed by atoms with Gasteiger partial charge in [-0.1, -0.05) is 42.5 Å². The number of carbonyl (C=O) groups excluding carboxylic acids is 2. The van der Waals surface area contributed by atoms with Crippen LogP contribution in [0.5, 0.6) is 0 Å². The first-order valence-corrected chi connectivity index (χ1v) is 7.69. The van der Waals surface area contributed by atoms with Gasteiger partial charge in [-0.05, 0) is 29.3 Å². The van der Waals surface area contributed by atoms with Gasteiger partial charge in [0.1, 0.15) is 6.61 Å². The van der Waals surface area contributed by atoms with Gasteiger partial charge in [-0.15, -0.1) is 0 Å². The van der Waals surface area contributed by atoms with Crippen LogP contribution in [-0.2, 0) is 16.1 Å². The van der Waals surface area contributed by atoms with Gasteiger partial charge in [-0.3, -0.25) is 0 Å². The molecular weight excluding hydrogens is 320 g/mol. The van der Waals surface area contributed by atoms with Gasteiger partial charge in [0.15, 0.2) is 0 Å². The number of rotatable bonds is 6. The summed E-state index contributed by atoms with van der Waals surface area (Å²) in [5, 5.41) is 2.61. The molecule has 2 rings (SSSR count). The maximum Gasteiger partial charge on any atom is 0.407 e. The van der Waals surface area contributed by atoms with Crippen LogP contribution in [0, 0.1) is 0 Å². The number of ether oxygens (including phenoxy) is 2. The summed E-state index contributed by atoms with van der Waals surface area (Å²) in [6.45, 7) is 0.486. The lowest BCUT2D eigenvalue weighted by Crippen LogP contribution is -2.24. The highest BCUT2D eigenvalue weighted by molar-refractivity contribution is 5.91. The van der Waals surface area contributed by atoms with Crippen LogP contribution < -0.4 is 11.1 Å². The number of nitrogens with one attached hydrogen (secondary N) is 1. The fraction of sp³-hybridized carbons (Fsp3) is 0.158. The molecule has 6 heteroatoms. The van der Waals surface area contributed by atoms with Crippen LogP contribution in [0.15, 0.2) is 54.6 Å². The molecular formula is C19H20N2O4. The van der Waals surface area contributed by atoms with E-state index in [0.717, 1.165) is 5.56 Å². The summed E-state index contributed by atoms with van der Waals surface area (Å²) >= 11 is 0. The van der Waals surface area contributed by atoms with Crippen molar-refractivity contribution in [1.82, 2.24) is 5.32 Å². The van der Waals surface area contributed by atoms with E-state index >= 15 is 0 Å². The monoisotopic (exact) mass is 340 g/mol. The lowest BCUT2D eigenvalue weighted by atomic mass is 10.1. The number of anilines is 1. The van der Waals surface area contributed by atoms with Gasteiger partial charge in [0, 0.05) is 12.2 Å². The zero-order valence-corrected chi connectivity index (χ0v) is 13.9. The van der Waals surface area contributed by atoms with Crippen LogP contribution >= 0.6 is 0 Å². The van der Waals surface area contributed by atoms with Crippen molar-refractivity contribution in [2.75, 3.05) is 19.4 Å². The molecule has 0 spiro atoms. The molecule has 0 saturated carbocycles. The molecule has 0 saturated heterocycles. The first-order chi connectivity index (χ1) is 12.1. The van der Waals surface area contributed by atoms with Crippen molar-refractivity contribution in [2.45, 2.75) is 6.61 Å². The Morgan fingerprint density at radius 3 is 2.64 bits per heavy atom. The number of benzene rings is 2. The summed E-state index contributed by atoms with van der Waals surface area (Å²) in [7, 11) is 1.32. The Morgan fingerprint density at radius 1 is 1.16 bits per heavy atom. The molecule has 0 aromatic heterocycles. The molecule has 0 unspecified atom stereocenters. The Balaban J connectivity index is 1.82. The molecule has 0 radical (unpaired) electrons. The van der Waals surface area contributed by atoms with E-state index in [1.54, 1.807) is 30.4 Å². The quantitative estimate of drug-likeness (QED) is 0.623. The molecule has 0 aliphatic rings. The third kappa shape index (κ3) is 5.69. The average Bonchev–Trinajstić information content (AvgIpc) is 2.65. The summed E-state index contributed by atoms with van der Waals surface area (Å²) in [5.74, 6) is -0.433. The van der Waals surface area contributed by atoms with Gasteiger partial charge in [0.05, 0.1) is 12.7 Å². The van der Waals surface area contributed by atoms with E-state index in [0.29, 0.717) is 16.8 Å². The average molecular weight is 340 g/mol. The predicted octanol–water partition coefficient (Wildman–Crippen LogP) is 3.00. The lowest BCUT2D eigenvalue weighted by Gasteiger charge is -2.06. The Labute approximate surface area is 146 Å². The summed E-state index contributed by atoms with van der Waals surface area (Å²) in [6.07, 6.45) is 2.93. The number of esters is 1. The highest BCUT2D eigenvalue weighted by atomic mass is 16.5. The van der Waals surface area contributed by atoms with E-state index < -0.39 is 12.1 Å². The Kier molecular flexibility index (Phi) is 6.59. The van der Waals surface area contributed by atoms with E-state index in [9.17, 15) is 9.59 Å². The lowest BCUT2D eigenvalue weighted by molar-refractivity contribution is 0.0600. The minimum Gasteiger partial charge on any atom is -0.465 e. The van der Waals surface area contributed by atoms with Crippen molar-refractivity contribution >= 4 is 23.8 Å². The SMILES string of the molecule is COC(=O)c1ccc(N)c(C=CCNC(=O)OCc2ccccc2)c1. The van der Waals surface area contributed by atoms with E-state index in [1.165, 1.54) is 7.11 Å². The predicted molar refractivity (Wildman–Crippen MR) is 95.9 cm³/mol. The van der Waals surface area contributed by atoms with Crippen LogP contribution in [-0.4, -0.2) is 25.7 Å². The molecule has 0 heterocycles. The van der Waals surface area contributed by atoms with Gasteiger partial charge in [-0.25, -0.2) is 9.59 Å². The van der Waals surface area contributed by atoms with Crippen LogP contribution in [0.25, 0.3) is 6.08 Å². The third-order valence-electron chi connectivity index (χ3n) is 3.38. The number of alkyl carbamates (subject to hydrolysis) is 1. The second-order valence-electron chi connectivity index (χ2n) is 5.18. The van der Waals surface area contributed by atoms with Gasteiger partial charge < -0.3 is 20.5 Å². The Morgan fingerprint density at radius 2 is 1.92 bits per heavy atom. The second kappa shape index (κ2) is 9.12. The zero-order valence-electron chi connectivity index (χ0n) is 13.9. The maximum absolute atomic E-state index is 11.6. The third-order valence-corrected chi connectivity index (χ3v) is 3.38. The summed E-state index contributed by atoms with van der Waals surface area (Å²) < 4.78 is 9.77. The fourth-order valence-electron chi connectivity index (χ4n) is 2.07. The normalized spacial score (nSPS) is 10.4. The number of methoxy groups -OCH3 is 1. The van der Waals surface area contributed by atoms with Gasteiger partial charge in [-0.2, -0.15) is 0 Å². The molecule has 2 aromatic carbocycles. The first kappa shape index (κ1) is 18.1. The fourth-order valence-corrected chi connectivity index (χ4v) is 2.07. The molecule has 6 nitrogen and oxygen atoms in total. The van der Waals surface area contributed by atoms with E-state index in [-0.39, 0.29) is 13.2 Å². The molecule has 0 bridgehead atoms. The minimum absolute atomic E-state index is 0.213. The van der Waals surface area contributed by atoms with Crippen molar-refractivity contribution in [3.8, 4) is 0 Å². The van der Waals surface area contributed by atoms with Crippen LogP contribution in [0.2, 0.25) is 0 Å². The summed E-state index contributed by atoms with van der Waals surface area (Å²) in [4.78, 5) is 23.1. The van der Waals surface area contributed by atoms with Crippen molar-refractivity contribution < 1.29 is 19.1 Å². The molecule has 0 aliphatic heterocycles. The molecule has 25 heavy (non-hydrogen) atoms. The number of nitrogen functional groups attached to an aromatic ring is 1. The number of carbonyl (C=O) groups is 2. The van der Waals surface area contributed by atoms with E-state index in [1.807, 2.05) is 30.3 Å². The van der Waals surface area contributed by atoms with Crippen LogP contribution in [0.3, 0.4) is 0 Å². The summed E-state index contributed by atoms with van der Waals surface area (Å²) in [5.41, 5.74) is 8.39. The standard InChI is InChI=1S/C19H20N2O4/c1-24-18(22)16-9-10-17(20)15(12-16)8-5-11-21-19(23)25-13-14-6-3-2-4-7-14/h2-10,12H,11,13,20H2,1H3,(H,21,23). The zero-order chi connectivity index (χ0) is 18.1. The van der Waals surface area contributed by atoms with Crippen molar-refractivity contribution in [3.05, 3.63) is 71.3 Å². The number of nitrogens with two attached hydrogens (primary N) is 1. The van der Waals surface area contributed by atoms with Gasteiger partial charge in [0.25, 0.3) is 0 Å². The van der Waals surface area contributed by atoms with Crippen LogP contribution in [0.1, 0.15) is 21.5 Å². The largest absolute Gasteiger partial charge is 0.465 e. The highest BCUT2D eigenvalue weighted by Crippen LogP contribution is 2.16. The number of hydrogen-bond donors (Lipinski definition) is 2. The molecule has 1 amide bonds. The molecule has 0 atom stereocenters. The second-order valence-corrected chi connectivity index (χ2v) is 5.18. The summed E-state index contributed by atoms with van der Waals surface area (Å²) in [6, 6.07) is 14.3.